The van der Waals surface area contributed by atoms with Gasteiger partial charge in [-0.1, -0.05) is 12.1 Å². The molecule has 0 aliphatic rings. The van der Waals surface area contributed by atoms with E-state index in [4.69, 9.17) is 5.73 Å². The van der Waals surface area contributed by atoms with Crippen molar-refractivity contribution < 1.29 is 0 Å². The van der Waals surface area contributed by atoms with Gasteiger partial charge in [0, 0.05) is 27.5 Å². The van der Waals surface area contributed by atoms with E-state index in [9.17, 15) is 0 Å². The molecule has 5 nitrogen and oxygen atoms in total. The summed E-state index contributed by atoms with van der Waals surface area (Å²) in [6.07, 6.45) is 3.47. The van der Waals surface area contributed by atoms with E-state index in [0.29, 0.717) is 11.5 Å². The highest BCUT2D eigenvalue weighted by Crippen LogP contribution is 2.25. The summed E-state index contributed by atoms with van der Waals surface area (Å²) in [7, 11) is 0. The van der Waals surface area contributed by atoms with E-state index in [0.717, 1.165) is 16.8 Å². The topological polar surface area (TPSA) is 69.6 Å². The number of thiophene rings is 1. The Hall–Kier alpha value is -2.73. The van der Waals surface area contributed by atoms with Crippen LogP contribution in [-0.4, -0.2) is 19.7 Å². The zero-order valence-electron chi connectivity index (χ0n) is 11.0. The predicted octanol–water partition coefficient (Wildman–Crippen LogP) is 3.13. The van der Waals surface area contributed by atoms with Crippen LogP contribution in [0.25, 0.3) is 27.3 Å². The third-order valence-electron chi connectivity index (χ3n) is 3.21. The molecule has 0 aliphatic heterocycles. The minimum atomic E-state index is 0.635. The number of pyridine rings is 1. The second-order valence-corrected chi connectivity index (χ2v) is 5.55. The number of nitrogens with zero attached hydrogens (tertiary/aromatic N) is 4. The number of nitrogens with two attached hydrogens (primary N) is 1. The van der Waals surface area contributed by atoms with E-state index >= 15 is 0 Å². The van der Waals surface area contributed by atoms with E-state index in [1.54, 1.807) is 28.5 Å². The average Bonchev–Trinajstić information content (AvgIpc) is 3.16. The maximum absolute atomic E-state index is 5.80. The molecule has 0 bridgehead atoms. The first kappa shape index (κ1) is 12.0. The van der Waals surface area contributed by atoms with Crippen molar-refractivity contribution in [2.24, 2.45) is 0 Å². The summed E-state index contributed by atoms with van der Waals surface area (Å²) in [5, 5.41) is 7.64. The molecule has 4 aromatic rings. The van der Waals surface area contributed by atoms with Gasteiger partial charge in [0.25, 0.3) is 0 Å². The Morgan fingerprint density at radius 2 is 2.05 bits per heavy atom. The minimum Gasteiger partial charge on any atom is -0.399 e. The number of anilines is 1. The van der Waals surface area contributed by atoms with Crippen molar-refractivity contribution in [3.8, 4) is 17.2 Å². The number of nitrogen functional groups attached to an aromatic ring is 1. The molecule has 4 rings (SSSR count). The Labute approximate surface area is 124 Å². The number of rotatable bonds is 2. The summed E-state index contributed by atoms with van der Waals surface area (Å²) in [5.74, 6) is 1.42. The van der Waals surface area contributed by atoms with Crippen LogP contribution in [0.3, 0.4) is 0 Å². The second kappa shape index (κ2) is 4.68. The van der Waals surface area contributed by atoms with Crippen LogP contribution >= 0.6 is 11.3 Å². The summed E-state index contributed by atoms with van der Waals surface area (Å²) < 4.78 is 2.88. The fraction of sp³-hybridized carbons (Fsp3) is 0. The molecule has 21 heavy (non-hydrogen) atoms. The summed E-state index contributed by atoms with van der Waals surface area (Å²) in [4.78, 5) is 8.77. The first-order valence-electron chi connectivity index (χ1n) is 6.41. The highest BCUT2D eigenvalue weighted by Gasteiger charge is 2.10. The van der Waals surface area contributed by atoms with Gasteiger partial charge < -0.3 is 5.73 Å². The first-order valence-corrected chi connectivity index (χ1v) is 7.29. The Morgan fingerprint density at radius 3 is 2.95 bits per heavy atom. The number of aromatic nitrogens is 4. The SMILES string of the molecule is Nc1cccc(-c2ncn(-c3nccc4sccc34)n2)c1. The normalized spacial score (nSPS) is 11.0. The van der Waals surface area contributed by atoms with Crippen molar-refractivity contribution in [2.75, 3.05) is 5.73 Å². The average molecular weight is 293 g/mol. The summed E-state index contributed by atoms with van der Waals surface area (Å²) in [6, 6.07) is 11.6. The number of benzene rings is 1. The van der Waals surface area contributed by atoms with Crippen LogP contribution in [-0.2, 0) is 0 Å². The molecule has 0 amide bonds. The Bertz CT molecular complexity index is 924. The van der Waals surface area contributed by atoms with Crippen molar-refractivity contribution in [1.82, 2.24) is 19.7 Å². The van der Waals surface area contributed by atoms with E-state index in [-0.39, 0.29) is 0 Å². The molecule has 0 saturated carbocycles. The molecule has 0 atom stereocenters. The van der Waals surface area contributed by atoms with Gasteiger partial charge in [0.2, 0.25) is 0 Å². The molecular weight excluding hydrogens is 282 g/mol. The fourth-order valence-corrected chi connectivity index (χ4v) is 3.01. The van der Waals surface area contributed by atoms with Crippen LogP contribution in [0.15, 0.2) is 54.3 Å². The molecule has 3 aromatic heterocycles. The molecule has 2 N–H and O–H groups in total. The molecule has 0 fully saturated rings. The maximum atomic E-state index is 5.80. The number of fused-ring (bicyclic) bond motifs is 1. The lowest BCUT2D eigenvalue weighted by molar-refractivity contribution is 0.857. The van der Waals surface area contributed by atoms with Crippen LogP contribution in [0.1, 0.15) is 0 Å². The van der Waals surface area contributed by atoms with Crippen molar-refractivity contribution in [2.45, 2.75) is 0 Å². The lowest BCUT2D eigenvalue weighted by atomic mass is 10.2. The molecule has 1 aromatic carbocycles. The lowest BCUT2D eigenvalue weighted by Gasteiger charge is -2.01. The minimum absolute atomic E-state index is 0.635. The van der Waals surface area contributed by atoms with Crippen LogP contribution < -0.4 is 5.73 Å². The lowest BCUT2D eigenvalue weighted by Crippen LogP contribution is -1.98. The predicted molar refractivity (Wildman–Crippen MR) is 84.4 cm³/mol. The Morgan fingerprint density at radius 1 is 1.10 bits per heavy atom. The number of hydrogen-bond acceptors (Lipinski definition) is 5. The monoisotopic (exact) mass is 293 g/mol. The van der Waals surface area contributed by atoms with Gasteiger partial charge in [-0.05, 0) is 29.6 Å². The Kier molecular flexibility index (Phi) is 2.68. The molecule has 102 valence electrons. The second-order valence-electron chi connectivity index (χ2n) is 4.61. The van der Waals surface area contributed by atoms with Gasteiger partial charge in [-0.25, -0.2) is 14.6 Å². The third kappa shape index (κ3) is 2.05. The van der Waals surface area contributed by atoms with Crippen LogP contribution in [0, 0.1) is 0 Å². The summed E-state index contributed by atoms with van der Waals surface area (Å²) >= 11 is 1.68. The zero-order valence-corrected chi connectivity index (χ0v) is 11.8. The third-order valence-corrected chi connectivity index (χ3v) is 4.09. The van der Waals surface area contributed by atoms with Gasteiger partial charge >= 0.3 is 0 Å². The van der Waals surface area contributed by atoms with Gasteiger partial charge in [0.1, 0.15) is 6.33 Å². The standard InChI is InChI=1S/C15H11N5S/c16-11-3-1-2-10(8-11)14-18-9-20(19-14)15-12-5-7-21-13(12)4-6-17-15/h1-9H,16H2. The highest BCUT2D eigenvalue weighted by molar-refractivity contribution is 7.17. The zero-order chi connectivity index (χ0) is 14.2. The van der Waals surface area contributed by atoms with Crippen LogP contribution in [0.5, 0.6) is 0 Å². The molecule has 3 heterocycles. The molecule has 0 radical (unpaired) electrons. The van der Waals surface area contributed by atoms with Crippen LogP contribution in [0.4, 0.5) is 5.69 Å². The van der Waals surface area contributed by atoms with Gasteiger partial charge in [-0.3, -0.25) is 0 Å². The van der Waals surface area contributed by atoms with Gasteiger partial charge in [-0.15, -0.1) is 16.4 Å². The Balaban J connectivity index is 1.83. The van der Waals surface area contributed by atoms with Crippen LogP contribution in [0.2, 0.25) is 0 Å². The van der Waals surface area contributed by atoms with Gasteiger partial charge in [-0.2, -0.15) is 0 Å². The van der Waals surface area contributed by atoms with E-state index in [1.807, 2.05) is 41.8 Å². The maximum Gasteiger partial charge on any atom is 0.181 e. The highest BCUT2D eigenvalue weighted by atomic mass is 32.1. The van der Waals surface area contributed by atoms with Crippen molar-refractivity contribution >= 4 is 27.1 Å². The summed E-state index contributed by atoms with van der Waals surface area (Å²) in [6.45, 7) is 0. The largest absolute Gasteiger partial charge is 0.399 e. The van der Waals surface area contributed by atoms with Crippen molar-refractivity contribution in [1.29, 1.82) is 0 Å². The fourth-order valence-electron chi connectivity index (χ4n) is 2.24. The van der Waals surface area contributed by atoms with E-state index < -0.39 is 0 Å². The van der Waals surface area contributed by atoms with Gasteiger partial charge in [0.15, 0.2) is 11.6 Å². The van der Waals surface area contributed by atoms with Crippen molar-refractivity contribution in [3.63, 3.8) is 0 Å². The molecular formula is C15H11N5S. The molecule has 0 spiro atoms. The molecule has 0 saturated heterocycles. The van der Waals surface area contributed by atoms with E-state index in [2.05, 4.69) is 15.1 Å². The smallest absolute Gasteiger partial charge is 0.181 e. The molecule has 6 heteroatoms. The number of hydrogen-bond donors (Lipinski definition) is 1. The summed E-state index contributed by atoms with van der Waals surface area (Å²) in [5.41, 5.74) is 7.39. The van der Waals surface area contributed by atoms with Crippen molar-refractivity contribution in [3.05, 3.63) is 54.3 Å². The van der Waals surface area contributed by atoms with Gasteiger partial charge in [0.05, 0.1) is 0 Å². The van der Waals surface area contributed by atoms with E-state index in [1.165, 1.54) is 4.70 Å². The first-order chi connectivity index (χ1) is 10.3. The molecule has 0 unspecified atom stereocenters. The quantitative estimate of drug-likeness (QED) is 0.576. The molecule has 0 aliphatic carbocycles.